The van der Waals surface area contributed by atoms with Gasteiger partial charge in [0.25, 0.3) is 0 Å². The van der Waals surface area contributed by atoms with E-state index in [1.807, 2.05) is 0 Å². The van der Waals surface area contributed by atoms with Crippen molar-refractivity contribution in [2.75, 3.05) is 13.2 Å². The summed E-state index contributed by atoms with van der Waals surface area (Å²) in [4.78, 5) is 37.4. The quantitative estimate of drug-likeness (QED) is 0.0559. The number of thioether (sulfide) groups is 1. The molecule has 1 aromatic rings. The van der Waals surface area contributed by atoms with Gasteiger partial charge in [-0.1, -0.05) is 40.1 Å². The fourth-order valence-electron chi connectivity index (χ4n) is 2.43. The van der Waals surface area contributed by atoms with Crippen molar-refractivity contribution in [1.82, 2.24) is 0 Å². The molecule has 10 nitrogen and oxygen atoms in total. The largest absolute Gasteiger partial charge is 0.463 e. The number of hydrogen-bond donors (Lipinski definition) is 0. The molecule has 0 heterocycles. The molecular formula is C19H22Cl2FN3O7S. The van der Waals surface area contributed by atoms with Crippen molar-refractivity contribution in [3.05, 3.63) is 38.4 Å². The topological polar surface area (TPSA) is 137 Å². The molecule has 0 bridgehead atoms. The molecule has 14 heteroatoms. The molecule has 1 unspecified atom stereocenters. The minimum Gasteiger partial charge on any atom is -0.463 e. The zero-order valence-corrected chi connectivity index (χ0v) is 20.4. The standard InChI is InChI=1S/C19H22Cl2FN3O7S/c1-9(30-11(3)27)17(8-29-10(2)26)32-19(16(7-24-25-23)31-12(4)28)33-13-5-14(20)18(22)15(21)6-13/h5-6,9,16-17,19H,7-8H2,1-4H3/t9-,16-,17?,19-/m1/s1. The van der Waals surface area contributed by atoms with E-state index < -0.39 is 47.5 Å². The molecule has 0 aliphatic rings. The Morgan fingerprint density at radius 2 is 1.67 bits per heavy atom. The van der Waals surface area contributed by atoms with E-state index in [1.165, 1.54) is 32.9 Å². The molecule has 1 aromatic carbocycles. The maximum absolute atomic E-state index is 13.8. The van der Waals surface area contributed by atoms with Gasteiger partial charge in [-0.15, -0.1) is 0 Å². The van der Waals surface area contributed by atoms with Crippen LogP contribution in [0.25, 0.3) is 10.4 Å². The number of benzene rings is 1. The summed E-state index contributed by atoms with van der Waals surface area (Å²) >= 11 is 12.7. The maximum Gasteiger partial charge on any atom is 0.303 e. The summed E-state index contributed by atoms with van der Waals surface area (Å²) in [6, 6.07) is 2.55. The lowest BCUT2D eigenvalue weighted by Crippen LogP contribution is -2.42. The van der Waals surface area contributed by atoms with Crippen molar-refractivity contribution in [2.45, 2.75) is 56.3 Å². The number of rotatable bonds is 12. The van der Waals surface area contributed by atoms with Gasteiger partial charge in [-0.2, -0.15) is 0 Å². The van der Waals surface area contributed by atoms with E-state index in [1.54, 1.807) is 0 Å². The first kappa shape index (κ1) is 28.8. The summed E-state index contributed by atoms with van der Waals surface area (Å²) in [7, 11) is 0. The van der Waals surface area contributed by atoms with Crippen molar-refractivity contribution >= 4 is 52.9 Å². The van der Waals surface area contributed by atoms with Crippen LogP contribution in [0.3, 0.4) is 0 Å². The van der Waals surface area contributed by atoms with Gasteiger partial charge < -0.3 is 18.9 Å². The van der Waals surface area contributed by atoms with Crippen LogP contribution in [0.1, 0.15) is 27.7 Å². The molecule has 0 fully saturated rings. The minimum absolute atomic E-state index is 0.257. The van der Waals surface area contributed by atoms with Crippen LogP contribution < -0.4 is 0 Å². The first-order chi connectivity index (χ1) is 15.4. The van der Waals surface area contributed by atoms with Gasteiger partial charge in [0, 0.05) is 30.6 Å². The molecule has 0 aromatic heterocycles. The van der Waals surface area contributed by atoms with Gasteiger partial charge in [0.05, 0.1) is 16.6 Å². The van der Waals surface area contributed by atoms with Crippen LogP contribution in [-0.2, 0) is 33.3 Å². The maximum atomic E-state index is 13.8. The Balaban J connectivity index is 3.35. The highest BCUT2D eigenvalue weighted by Gasteiger charge is 2.33. The van der Waals surface area contributed by atoms with Crippen molar-refractivity contribution in [3.63, 3.8) is 0 Å². The smallest absolute Gasteiger partial charge is 0.303 e. The monoisotopic (exact) mass is 525 g/mol. The van der Waals surface area contributed by atoms with E-state index >= 15 is 0 Å². The second kappa shape index (κ2) is 14.1. The lowest BCUT2D eigenvalue weighted by atomic mass is 10.2. The lowest BCUT2D eigenvalue weighted by Gasteiger charge is -2.31. The van der Waals surface area contributed by atoms with Gasteiger partial charge in [0.2, 0.25) is 0 Å². The van der Waals surface area contributed by atoms with Gasteiger partial charge >= 0.3 is 17.9 Å². The Kier molecular flexibility index (Phi) is 12.3. The van der Waals surface area contributed by atoms with E-state index in [4.69, 9.17) is 47.7 Å². The molecule has 0 aliphatic heterocycles. The Morgan fingerprint density at radius 3 is 2.15 bits per heavy atom. The molecule has 0 aliphatic carbocycles. The Bertz CT molecular complexity index is 890. The average molecular weight is 526 g/mol. The number of carbonyl (C=O) groups excluding carboxylic acids is 3. The second-order valence-corrected chi connectivity index (χ2v) is 8.53. The SMILES string of the molecule is CC(=O)OCC(O[C@H](Sc1cc(Cl)c(F)c(Cl)c1)[C@@H](CN=[N+]=[N-])OC(C)=O)[C@@H](C)OC(C)=O. The molecule has 0 radical (unpaired) electrons. The Hall–Kier alpha value is -2.24. The first-order valence-electron chi connectivity index (χ1n) is 9.39. The third-order valence-electron chi connectivity index (χ3n) is 3.79. The van der Waals surface area contributed by atoms with E-state index in [-0.39, 0.29) is 23.2 Å². The predicted molar refractivity (Wildman–Crippen MR) is 118 cm³/mol. The summed E-state index contributed by atoms with van der Waals surface area (Å²) in [5.41, 5.74) is 7.62. The van der Waals surface area contributed by atoms with Gasteiger partial charge in [0.15, 0.2) is 5.82 Å². The van der Waals surface area contributed by atoms with Crippen molar-refractivity contribution < 1.29 is 37.7 Å². The zero-order chi connectivity index (χ0) is 25.1. The summed E-state index contributed by atoms with van der Waals surface area (Å²) < 4.78 is 35.2. The summed E-state index contributed by atoms with van der Waals surface area (Å²) in [6.45, 7) is 4.41. The molecule has 0 N–H and O–H groups in total. The Morgan fingerprint density at radius 1 is 1.09 bits per heavy atom. The summed E-state index contributed by atoms with van der Waals surface area (Å²) in [6.07, 6.45) is -3.02. The van der Waals surface area contributed by atoms with Crippen molar-refractivity contribution in [3.8, 4) is 0 Å². The Labute approximate surface area is 203 Å². The third kappa shape index (κ3) is 10.5. The summed E-state index contributed by atoms with van der Waals surface area (Å²) in [5, 5.41) is 2.93. The third-order valence-corrected chi connectivity index (χ3v) is 5.50. The van der Waals surface area contributed by atoms with E-state index in [2.05, 4.69) is 10.0 Å². The van der Waals surface area contributed by atoms with E-state index in [0.29, 0.717) is 4.90 Å². The van der Waals surface area contributed by atoms with E-state index in [9.17, 15) is 18.8 Å². The number of esters is 3. The van der Waals surface area contributed by atoms with Gasteiger partial charge in [-0.3, -0.25) is 14.4 Å². The number of halogens is 3. The van der Waals surface area contributed by atoms with Crippen LogP contribution in [0, 0.1) is 5.82 Å². The second-order valence-electron chi connectivity index (χ2n) is 6.54. The van der Waals surface area contributed by atoms with Crippen molar-refractivity contribution in [1.29, 1.82) is 0 Å². The van der Waals surface area contributed by atoms with Crippen LogP contribution >= 0.6 is 35.0 Å². The highest BCUT2D eigenvalue weighted by atomic mass is 35.5. The number of ether oxygens (including phenoxy) is 4. The molecular weight excluding hydrogens is 504 g/mol. The molecule has 4 atom stereocenters. The van der Waals surface area contributed by atoms with Crippen molar-refractivity contribution in [2.24, 2.45) is 5.11 Å². The number of nitrogens with zero attached hydrogens (tertiary/aromatic N) is 3. The van der Waals surface area contributed by atoms with Crippen LogP contribution in [0.5, 0.6) is 0 Å². The molecule has 0 saturated carbocycles. The van der Waals surface area contributed by atoms with E-state index in [0.717, 1.165) is 18.7 Å². The molecule has 0 spiro atoms. The molecule has 33 heavy (non-hydrogen) atoms. The van der Waals surface area contributed by atoms with Crippen LogP contribution in [0.2, 0.25) is 10.0 Å². The number of azide groups is 1. The normalized spacial score (nSPS) is 14.3. The van der Waals surface area contributed by atoms with Gasteiger partial charge in [-0.25, -0.2) is 4.39 Å². The minimum atomic E-state index is -1.13. The van der Waals surface area contributed by atoms with Crippen LogP contribution in [0.4, 0.5) is 4.39 Å². The van der Waals surface area contributed by atoms with Gasteiger partial charge in [0.1, 0.15) is 30.4 Å². The number of hydrogen-bond acceptors (Lipinski definition) is 9. The highest BCUT2D eigenvalue weighted by molar-refractivity contribution is 7.99. The van der Waals surface area contributed by atoms with Gasteiger partial charge in [-0.05, 0) is 24.6 Å². The predicted octanol–water partition coefficient (Wildman–Crippen LogP) is 4.69. The molecule has 0 saturated heterocycles. The highest BCUT2D eigenvalue weighted by Crippen LogP contribution is 2.35. The fourth-order valence-corrected chi connectivity index (χ4v) is 4.18. The first-order valence-corrected chi connectivity index (χ1v) is 11.0. The van der Waals surface area contributed by atoms with Crippen LogP contribution in [0.15, 0.2) is 22.1 Å². The fraction of sp³-hybridized carbons (Fsp3) is 0.526. The zero-order valence-electron chi connectivity index (χ0n) is 18.1. The molecule has 1 rings (SSSR count). The average Bonchev–Trinajstić information content (AvgIpc) is 2.70. The lowest BCUT2D eigenvalue weighted by molar-refractivity contribution is -0.169. The molecule has 182 valence electrons. The number of carbonyl (C=O) groups is 3. The van der Waals surface area contributed by atoms with Crippen LogP contribution in [-0.4, -0.2) is 54.8 Å². The summed E-state index contributed by atoms with van der Waals surface area (Å²) in [5.74, 6) is -2.72. The molecule has 0 amide bonds.